The predicted octanol–water partition coefficient (Wildman–Crippen LogP) is 4.02. The molecule has 1 aromatic carbocycles. The minimum atomic E-state index is -3.74. The number of hydrogen-bond donors (Lipinski definition) is 2. The topological polar surface area (TPSA) is 161 Å². The summed E-state index contributed by atoms with van der Waals surface area (Å²) >= 11 is 0. The summed E-state index contributed by atoms with van der Waals surface area (Å²) in [6.45, 7) is -0.895. The highest BCUT2D eigenvalue weighted by molar-refractivity contribution is 7.91. The van der Waals surface area contributed by atoms with E-state index in [0.717, 1.165) is 41.5 Å². The first-order chi connectivity index (χ1) is 21.2. The van der Waals surface area contributed by atoms with Gasteiger partial charge in [-0.1, -0.05) is 6.07 Å². The van der Waals surface area contributed by atoms with Crippen molar-refractivity contribution in [3.8, 4) is 28.1 Å². The van der Waals surface area contributed by atoms with Crippen LogP contribution in [0.3, 0.4) is 0 Å². The van der Waals surface area contributed by atoms with Crippen LogP contribution in [-0.4, -0.2) is 74.0 Å². The molecule has 0 radical (unpaired) electrons. The summed E-state index contributed by atoms with van der Waals surface area (Å²) in [5.74, 6) is 0.318. The number of anilines is 1. The number of aromatic amines is 1. The van der Waals surface area contributed by atoms with Gasteiger partial charge >= 0.3 is 0 Å². The quantitative estimate of drug-likeness (QED) is 0.275. The zero-order chi connectivity index (χ0) is 30.6. The number of rotatable bonds is 7. The zero-order valence-electron chi connectivity index (χ0n) is 23.7. The molecule has 2 bridgehead atoms. The lowest BCUT2D eigenvalue weighted by molar-refractivity contribution is 0.0556. The molecule has 2 aliphatic heterocycles. The molecule has 14 heteroatoms. The monoisotopic (exact) mass is 616 g/mol. The van der Waals surface area contributed by atoms with E-state index in [0.29, 0.717) is 29.9 Å². The maximum Gasteiger partial charge on any atom is 0.292 e. The maximum absolute atomic E-state index is 13.2. The SMILES string of the molecule is CS(=O)(=O)c1c([C@@H]2C[C@H]3CC[C@@H](C2)N3C(=O)c2nnc[nH]2)nc2c(-c3ccc(-c4ccc(OCF)cc4)nc3)ccn2c1N. The number of hydrogen-bond acceptors (Lipinski definition) is 9. The van der Waals surface area contributed by atoms with Gasteiger partial charge in [0, 0.05) is 53.3 Å². The van der Waals surface area contributed by atoms with Gasteiger partial charge in [0.15, 0.2) is 9.84 Å². The molecule has 6 heterocycles. The van der Waals surface area contributed by atoms with Crippen LogP contribution >= 0.6 is 0 Å². The summed E-state index contributed by atoms with van der Waals surface area (Å²) < 4.78 is 45.2. The van der Waals surface area contributed by atoms with Crippen molar-refractivity contribution in [3.05, 3.63) is 72.7 Å². The van der Waals surface area contributed by atoms with Crippen molar-refractivity contribution in [2.75, 3.05) is 18.9 Å². The number of amides is 1. The predicted molar refractivity (Wildman–Crippen MR) is 159 cm³/mol. The summed E-state index contributed by atoms with van der Waals surface area (Å²) in [6, 6.07) is 12.4. The van der Waals surface area contributed by atoms with Gasteiger partial charge in [0.2, 0.25) is 12.7 Å². The average molecular weight is 617 g/mol. The molecule has 3 N–H and O–H groups in total. The Kier molecular flexibility index (Phi) is 6.80. The fraction of sp³-hybridized carbons (Fsp3) is 0.300. The highest BCUT2D eigenvalue weighted by Gasteiger charge is 2.46. The van der Waals surface area contributed by atoms with Gasteiger partial charge in [0.05, 0.1) is 11.4 Å². The van der Waals surface area contributed by atoms with Crippen LogP contribution in [0, 0.1) is 0 Å². The third-order valence-electron chi connectivity index (χ3n) is 8.60. The molecule has 226 valence electrons. The molecule has 2 aliphatic rings. The van der Waals surface area contributed by atoms with Crippen LogP contribution in [0.15, 0.2) is 66.1 Å². The summed E-state index contributed by atoms with van der Waals surface area (Å²) in [5, 5.41) is 7.63. The number of carbonyl (C=O) groups excluding carboxylic acids is 1. The molecule has 0 aliphatic carbocycles. The molecule has 5 aromatic rings. The molecule has 3 atom stereocenters. The standard InChI is InChI=1S/C30H29FN8O4S/c1-44(41,42)26-25(19-12-20-5-6-21(13-19)39(20)30(40)28-34-16-35-37-28)36-29-23(10-11-38(29)27(26)32)18-4-9-24(33-14-18)17-2-7-22(8-3-17)43-15-31/h2-4,7-11,14,16,19-21H,5-6,12-13,15,32H2,1H3,(H,34,35,37)/t19-,20-,21+. The number of nitrogens with one attached hydrogen (secondary N) is 1. The first-order valence-corrected chi connectivity index (χ1v) is 16.1. The van der Waals surface area contributed by atoms with Crippen LogP contribution in [0.2, 0.25) is 0 Å². The Hall–Kier alpha value is -4.85. The second kappa shape index (κ2) is 10.7. The average Bonchev–Trinajstić information content (AvgIpc) is 3.75. The van der Waals surface area contributed by atoms with Crippen LogP contribution in [0.5, 0.6) is 5.75 Å². The summed E-state index contributed by atoms with van der Waals surface area (Å²) in [5.41, 5.74) is 10.6. The lowest BCUT2D eigenvalue weighted by atomic mass is 9.87. The molecule has 4 aromatic heterocycles. The lowest BCUT2D eigenvalue weighted by Crippen LogP contribution is -2.46. The van der Waals surface area contributed by atoms with E-state index in [4.69, 9.17) is 15.5 Å². The van der Waals surface area contributed by atoms with E-state index in [2.05, 4.69) is 20.2 Å². The Morgan fingerprint density at radius 3 is 2.43 bits per heavy atom. The number of carbonyl (C=O) groups is 1. The maximum atomic E-state index is 13.2. The van der Waals surface area contributed by atoms with Gasteiger partial charge in [0.1, 0.15) is 28.4 Å². The van der Waals surface area contributed by atoms with Crippen LogP contribution in [0.1, 0.15) is 47.9 Å². The summed E-state index contributed by atoms with van der Waals surface area (Å²) in [6.07, 6.45) is 8.71. The van der Waals surface area contributed by atoms with E-state index in [-0.39, 0.29) is 40.4 Å². The smallest absolute Gasteiger partial charge is 0.292 e. The van der Waals surface area contributed by atoms with Crippen LogP contribution in [0.25, 0.3) is 28.0 Å². The number of ether oxygens (including phenoxy) is 1. The fourth-order valence-electron chi connectivity index (χ4n) is 6.69. The Bertz CT molecular complexity index is 1950. The van der Waals surface area contributed by atoms with E-state index < -0.39 is 16.7 Å². The second-order valence-electron chi connectivity index (χ2n) is 11.2. The van der Waals surface area contributed by atoms with Crippen molar-refractivity contribution in [3.63, 3.8) is 0 Å². The molecule has 2 fully saturated rings. The Labute approximate surface area is 252 Å². The number of alkyl halides is 1. The first-order valence-electron chi connectivity index (χ1n) is 14.2. The van der Waals surface area contributed by atoms with Crippen molar-refractivity contribution in [1.29, 1.82) is 0 Å². The van der Waals surface area contributed by atoms with Gasteiger partial charge in [-0.05, 0) is 62.1 Å². The van der Waals surface area contributed by atoms with E-state index in [1.54, 1.807) is 41.1 Å². The van der Waals surface area contributed by atoms with Crippen molar-refractivity contribution < 1.29 is 22.3 Å². The molecule has 12 nitrogen and oxygen atoms in total. The van der Waals surface area contributed by atoms with E-state index in [9.17, 15) is 17.6 Å². The third kappa shape index (κ3) is 4.75. The normalized spacial score (nSPS) is 19.9. The number of halogens is 1. The van der Waals surface area contributed by atoms with Crippen LogP contribution in [0.4, 0.5) is 10.2 Å². The Balaban J connectivity index is 1.24. The minimum absolute atomic E-state index is 0.0280. The Morgan fingerprint density at radius 2 is 1.82 bits per heavy atom. The largest absolute Gasteiger partial charge is 0.463 e. The van der Waals surface area contributed by atoms with Gasteiger partial charge in [-0.3, -0.25) is 14.2 Å². The third-order valence-corrected chi connectivity index (χ3v) is 9.76. The summed E-state index contributed by atoms with van der Waals surface area (Å²) in [7, 11) is -3.74. The first kappa shape index (κ1) is 28.0. The van der Waals surface area contributed by atoms with Gasteiger partial charge in [-0.25, -0.2) is 17.8 Å². The molecule has 7 rings (SSSR count). The van der Waals surface area contributed by atoms with Gasteiger partial charge < -0.3 is 20.4 Å². The number of benzene rings is 1. The van der Waals surface area contributed by atoms with Crippen molar-refractivity contribution in [1.82, 2.24) is 34.4 Å². The molecule has 0 saturated carbocycles. The Morgan fingerprint density at radius 1 is 1.09 bits per heavy atom. The van der Waals surface area contributed by atoms with Crippen molar-refractivity contribution in [2.24, 2.45) is 0 Å². The summed E-state index contributed by atoms with van der Waals surface area (Å²) in [4.78, 5) is 27.5. The number of fused-ring (bicyclic) bond motifs is 3. The number of piperidine rings is 1. The number of nitrogens with two attached hydrogens (primary N) is 1. The number of aromatic nitrogens is 6. The highest BCUT2D eigenvalue weighted by Crippen LogP contribution is 2.46. The highest BCUT2D eigenvalue weighted by atomic mass is 32.2. The molecule has 2 saturated heterocycles. The molecule has 0 spiro atoms. The second-order valence-corrected chi connectivity index (χ2v) is 13.2. The number of sulfone groups is 1. The zero-order valence-corrected chi connectivity index (χ0v) is 24.5. The van der Waals surface area contributed by atoms with Crippen LogP contribution < -0.4 is 10.5 Å². The molecule has 0 unspecified atom stereocenters. The van der Waals surface area contributed by atoms with Crippen molar-refractivity contribution >= 4 is 27.2 Å². The van der Waals surface area contributed by atoms with E-state index in [1.807, 2.05) is 23.1 Å². The van der Waals surface area contributed by atoms with Gasteiger partial charge in [-0.2, -0.15) is 0 Å². The molecular formula is C30H29FN8O4S. The number of H-pyrrole nitrogens is 1. The fourth-order valence-corrected chi connectivity index (χ4v) is 7.76. The molecular weight excluding hydrogens is 587 g/mol. The minimum Gasteiger partial charge on any atom is -0.463 e. The number of nitrogen functional groups attached to an aromatic ring is 1. The van der Waals surface area contributed by atoms with Gasteiger partial charge in [0.25, 0.3) is 5.91 Å². The van der Waals surface area contributed by atoms with Crippen molar-refractivity contribution in [2.45, 2.75) is 48.6 Å². The van der Waals surface area contributed by atoms with Gasteiger partial charge in [-0.15, -0.1) is 10.2 Å². The lowest BCUT2D eigenvalue weighted by Gasteiger charge is -2.38. The van der Waals surface area contributed by atoms with Crippen LogP contribution in [-0.2, 0) is 9.84 Å². The van der Waals surface area contributed by atoms with E-state index >= 15 is 0 Å². The number of nitrogens with zero attached hydrogens (tertiary/aromatic N) is 6. The van der Waals surface area contributed by atoms with E-state index in [1.165, 1.54) is 6.33 Å². The molecule has 44 heavy (non-hydrogen) atoms. The number of pyridine rings is 1. The molecule has 1 amide bonds.